The first kappa shape index (κ1) is 11.6. The van der Waals surface area contributed by atoms with Crippen molar-refractivity contribution in [3.8, 4) is 17.1 Å². The SMILES string of the molecule is Oc1cccnc1Nc1nc(-c2ccccn2)cs1. The van der Waals surface area contributed by atoms with E-state index in [4.69, 9.17) is 0 Å². The van der Waals surface area contributed by atoms with Gasteiger partial charge >= 0.3 is 0 Å². The zero-order valence-electron chi connectivity index (χ0n) is 9.82. The molecule has 3 rings (SSSR count). The minimum atomic E-state index is 0.0945. The van der Waals surface area contributed by atoms with Crippen molar-refractivity contribution in [2.75, 3.05) is 5.32 Å². The van der Waals surface area contributed by atoms with E-state index in [1.807, 2.05) is 23.6 Å². The summed E-state index contributed by atoms with van der Waals surface area (Å²) in [6, 6.07) is 8.92. The molecular formula is C13H10N4OS. The highest BCUT2D eigenvalue weighted by atomic mass is 32.1. The molecule has 19 heavy (non-hydrogen) atoms. The molecule has 0 aliphatic carbocycles. The number of hydrogen-bond donors (Lipinski definition) is 2. The maximum absolute atomic E-state index is 9.64. The van der Waals surface area contributed by atoms with Crippen molar-refractivity contribution in [2.24, 2.45) is 0 Å². The largest absolute Gasteiger partial charge is 0.504 e. The van der Waals surface area contributed by atoms with E-state index in [0.717, 1.165) is 11.4 Å². The second kappa shape index (κ2) is 5.03. The molecule has 3 aromatic heterocycles. The Kier molecular flexibility index (Phi) is 3.07. The van der Waals surface area contributed by atoms with Crippen LogP contribution < -0.4 is 5.32 Å². The second-order valence-corrected chi connectivity index (χ2v) is 4.61. The molecule has 3 heterocycles. The highest BCUT2D eigenvalue weighted by Gasteiger charge is 2.07. The first-order valence-electron chi connectivity index (χ1n) is 5.61. The predicted molar refractivity (Wildman–Crippen MR) is 74.5 cm³/mol. The van der Waals surface area contributed by atoms with E-state index in [2.05, 4.69) is 20.3 Å². The van der Waals surface area contributed by atoms with Crippen molar-refractivity contribution in [3.05, 3.63) is 48.1 Å². The quantitative estimate of drug-likeness (QED) is 0.765. The van der Waals surface area contributed by atoms with Gasteiger partial charge in [0.25, 0.3) is 0 Å². The average molecular weight is 270 g/mol. The van der Waals surface area contributed by atoms with Crippen molar-refractivity contribution < 1.29 is 5.11 Å². The molecule has 0 aromatic carbocycles. The standard InChI is InChI=1S/C13H10N4OS/c18-11-5-3-7-15-12(11)17-13-16-10(8-19-13)9-4-1-2-6-14-9/h1-8,18H,(H,15,16,17). The number of thiazole rings is 1. The Morgan fingerprint density at radius 3 is 2.68 bits per heavy atom. The average Bonchev–Trinajstić information content (AvgIpc) is 2.91. The molecule has 0 amide bonds. The Labute approximate surface area is 113 Å². The zero-order valence-corrected chi connectivity index (χ0v) is 10.6. The van der Waals surface area contributed by atoms with Gasteiger partial charge in [-0.2, -0.15) is 0 Å². The van der Waals surface area contributed by atoms with Crippen LogP contribution in [0.4, 0.5) is 10.9 Å². The van der Waals surface area contributed by atoms with Crippen molar-refractivity contribution >= 4 is 22.3 Å². The van der Waals surface area contributed by atoms with Gasteiger partial charge in [0.1, 0.15) is 5.69 Å². The molecule has 2 N–H and O–H groups in total. The Hall–Kier alpha value is -2.47. The van der Waals surface area contributed by atoms with Crippen LogP contribution in [-0.4, -0.2) is 20.1 Å². The van der Waals surface area contributed by atoms with E-state index in [-0.39, 0.29) is 5.75 Å². The predicted octanol–water partition coefficient (Wildman–Crippen LogP) is 3.05. The van der Waals surface area contributed by atoms with Crippen LogP contribution in [0.15, 0.2) is 48.1 Å². The monoisotopic (exact) mass is 270 g/mol. The molecule has 0 bridgehead atoms. The normalized spacial score (nSPS) is 10.3. The Morgan fingerprint density at radius 2 is 1.89 bits per heavy atom. The number of anilines is 2. The highest BCUT2D eigenvalue weighted by Crippen LogP contribution is 2.28. The molecule has 0 atom stereocenters. The van der Waals surface area contributed by atoms with Gasteiger partial charge in [0.05, 0.1) is 5.69 Å². The molecule has 3 aromatic rings. The summed E-state index contributed by atoms with van der Waals surface area (Å²) in [6.07, 6.45) is 3.34. The summed E-state index contributed by atoms with van der Waals surface area (Å²) >= 11 is 1.43. The smallest absolute Gasteiger partial charge is 0.189 e. The topological polar surface area (TPSA) is 70.9 Å². The molecule has 0 fully saturated rings. The van der Waals surface area contributed by atoms with Gasteiger partial charge in [-0.25, -0.2) is 9.97 Å². The van der Waals surface area contributed by atoms with Gasteiger partial charge in [0.15, 0.2) is 16.7 Å². The summed E-state index contributed by atoms with van der Waals surface area (Å²) in [4.78, 5) is 12.7. The van der Waals surface area contributed by atoms with Crippen LogP contribution in [0, 0.1) is 0 Å². The Balaban J connectivity index is 1.85. The molecule has 0 aliphatic rings. The Bertz CT molecular complexity index is 684. The lowest BCUT2D eigenvalue weighted by Crippen LogP contribution is -1.93. The molecule has 0 spiro atoms. The number of hydrogen-bond acceptors (Lipinski definition) is 6. The second-order valence-electron chi connectivity index (χ2n) is 3.75. The number of rotatable bonds is 3. The van der Waals surface area contributed by atoms with Gasteiger partial charge in [-0.1, -0.05) is 6.07 Å². The van der Waals surface area contributed by atoms with Crippen LogP contribution in [0.3, 0.4) is 0 Å². The van der Waals surface area contributed by atoms with Crippen molar-refractivity contribution in [1.82, 2.24) is 15.0 Å². The third-order valence-corrected chi connectivity index (χ3v) is 3.20. The molecule has 0 aliphatic heterocycles. The van der Waals surface area contributed by atoms with Gasteiger partial charge < -0.3 is 10.4 Å². The van der Waals surface area contributed by atoms with Gasteiger partial charge in [-0.3, -0.25) is 4.98 Å². The fourth-order valence-electron chi connectivity index (χ4n) is 1.56. The number of aromatic hydroxyl groups is 1. The van der Waals surface area contributed by atoms with E-state index in [1.165, 1.54) is 11.3 Å². The number of nitrogens with zero attached hydrogens (tertiary/aromatic N) is 3. The van der Waals surface area contributed by atoms with Gasteiger partial charge in [0.2, 0.25) is 0 Å². The van der Waals surface area contributed by atoms with E-state index >= 15 is 0 Å². The zero-order chi connectivity index (χ0) is 13.1. The summed E-state index contributed by atoms with van der Waals surface area (Å²) < 4.78 is 0. The fraction of sp³-hybridized carbons (Fsp3) is 0. The lowest BCUT2D eigenvalue weighted by molar-refractivity contribution is 0.475. The van der Waals surface area contributed by atoms with Crippen LogP contribution in [0.25, 0.3) is 11.4 Å². The van der Waals surface area contributed by atoms with Crippen molar-refractivity contribution in [3.63, 3.8) is 0 Å². The number of pyridine rings is 2. The van der Waals surface area contributed by atoms with Crippen LogP contribution in [0.1, 0.15) is 0 Å². The lowest BCUT2D eigenvalue weighted by Gasteiger charge is -2.02. The van der Waals surface area contributed by atoms with E-state index in [9.17, 15) is 5.11 Å². The van der Waals surface area contributed by atoms with E-state index in [0.29, 0.717) is 10.9 Å². The van der Waals surface area contributed by atoms with Crippen LogP contribution >= 0.6 is 11.3 Å². The summed E-state index contributed by atoms with van der Waals surface area (Å²) in [7, 11) is 0. The van der Waals surface area contributed by atoms with Crippen LogP contribution in [0.5, 0.6) is 5.75 Å². The summed E-state index contributed by atoms with van der Waals surface area (Å²) in [5, 5.41) is 15.2. The third-order valence-electron chi connectivity index (χ3n) is 2.44. The van der Waals surface area contributed by atoms with Gasteiger partial charge in [-0.15, -0.1) is 11.3 Å². The van der Waals surface area contributed by atoms with Crippen molar-refractivity contribution in [1.29, 1.82) is 0 Å². The number of nitrogens with one attached hydrogen (secondary N) is 1. The van der Waals surface area contributed by atoms with Gasteiger partial charge in [0, 0.05) is 17.8 Å². The first-order valence-corrected chi connectivity index (χ1v) is 6.49. The van der Waals surface area contributed by atoms with E-state index < -0.39 is 0 Å². The Morgan fingerprint density at radius 1 is 1.00 bits per heavy atom. The summed E-state index contributed by atoms with van der Waals surface area (Å²) in [5.74, 6) is 0.488. The lowest BCUT2D eigenvalue weighted by atomic mass is 10.3. The molecule has 0 radical (unpaired) electrons. The molecule has 0 unspecified atom stereocenters. The molecular weight excluding hydrogens is 260 g/mol. The number of aromatic nitrogens is 3. The summed E-state index contributed by atoms with van der Waals surface area (Å²) in [6.45, 7) is 0. The van der Waals surface area contributed by atoms with Crippen LogP contribution in [-0.2, 0) is 0 Å². The highest BCUT2D eigenvalue weighted by molar-refractivity contribution is 7.14. The fourth-order valence-corrected chi connectivity index (χ4v) is 2.26. The maximum Gasteiger partial charge on any atom is 0.189 e. The van der Waals surface area contributed by atoms with Crippen molar-refractivity contribution in [2.45, 2.75) is 0 Å². The van der Waals surface area contributed by atoms with Gasteiger partial charge in [-0.05, 0) is 24.3 Å². The minimum Gasteiger partial charge on any atom is -0.504 e. The first-order chi connectivity index (χ1) is 9.33. The molecule has 5 nitrogen and oxygen atoms in total. The summed E-state index contributed by atoms with van der Waals surface area (Å²) in [5.41, 5.74) is 1.61. The minimum absolute atomic E-state index is 0.0945. The third kappa shape index (κ3) is 2.53. The molecule has 6 heteroatoms. The maximum atomic E-state index is 9.64. The molecule has 94 valence electrons. The molecule has 0 saturated heterocycles. The molecule has 0 saturated carbocycles. The van der Waals surface area contributed by atoms with Crippen LogP contribution in [0.2, 0.25) is 0 Å². The van der Waals surface area contributed by atoms with E-state index in [1.54, 1.807) is 24.5 Å².